The summed E-state index contributed by atoms with van der Waals surface area (Å²) in [6.07, 6.45) is 1.01. The van der Waals surface area contributed by atoms with E-state index >= 15 is 0 Å². The first-order valence-corrected chi connectivity index (χ1v) is 10.9. The molecule has 0 saturated carbocycles. The van der Waals surface area contributed by atoms with Crippen LogP contribution in [0, 0.1) is 11.3 Å². The lowest BCUT2D eigenvalue weighted by atomic mass is 9.82. The second-order valence-electron chi connectivity index (χ2n) is 8.42. The minimum atomic E-state index is -1.79. The van der Waals surface area contributed by atoms with Crippen LogP contribution in [0.2, 0.25) is 0 Å². The normalized spacial score (nSPS) is 14.7. The van der Waals surface area contributed by atoms with Crippen LogP contribution >= 0.6 is 0 Å². The molecule has 0 aromatic heterocycles. The summed E-state index contributed by atoms with van der Waals surface area (Å²) in [5.74, 6) is 0.567. The highest BCUT2D eigenvalue weighted by molar-refractivity contribution is 6.80. The molecule has 2 nitrogen and oxygen atoms in total. The van der Waals surface area contributed by atoms with Crippen molar-refractivity contribution in [1.82, 2.24) is 0 Å². The third-order valence-corrected chi connectivity index (χ3v) is 7.02. The van der Waals surface area contributed by atoms with Gasteiger partial charge in [0, 0.05) is 6.04 Å². The lowest BCUT2D eigenvalue weighted by molar-refractivity contribution is 0.0589. The molecule has 0 aliphatic heterocycles. The number of benzene rings is 2. The van der Waals surface area contributed by atoms with Crippen molar-refractivity contribution in [3.8, 4) is 0 Å². The fourth-order valence-electron chi connectivity index (χ4n) is 3.37. The van der Waals surface area contributed by atoms with E-state index in [9.17, 15) is 0 Å². The third kappa shape index (κ3) is 5.81. The van der Waals surface area contributed by atoms with Gasteiger partial charge >= 0.3 is 0 Å². The van der Waals surface area contributed by atoms with Crippen LogP contribution in [0.5, 0.6) is 0 Å². The van der Waals surface area contributed by atoms with Gasteiger partial charge in [-0.1, -0.05) is 95.3 Å². The molecule has 0 heterocycles. The van der Waals surface area contributed by atoms with Crippen molar-refractivity contribution in [3.63, 3.8) is 0 Å². The second kappa shape index (κ2) is 8.79. The predicted molar refractivity (Wildman–Crippen MR) is 111 cm³/mol. The second-order valence-corrected chi connectivity index (χ2v) is 10.8. The molecule has 0 saturated heterocycles. The maximum Gasteiger partial charge on any atom is 0.240 e. The SMILES string of the molecule is CC(C)C[C@H](N)C(O[SiH](c1ccccc1)c1ccccc1)C(C)(C)C. The highest BCUT2D eigenvalue weighted by Crippen LogP contribution is 2.27. The van der Waals surface area contributed by atoms with Gasteiger partial charge in [0.2, 0.25) is 9.04 Å². The number of hydrogen-bond acceptors (Lipinski definition) is 2. The fraction of sp³-hybridized carbons (Fsp3) is 0.455. The predicted octanol–water partition coefficient (Wildman–Crippen LogP) is 3.33. The Morgan fingerprint density at radius 3 is 1.68 bits per heavy atom. The Labute approximate surface area is 155 Å². The molecule has 136 valence electrons. The third-order valence-electron chi connectivity index (χ3n) is 4.47. The van der Waals surface area contributed by atoms with Crippen molar-refractivity contribution >= 4 is 19.4 Å². The first kappa shape index (κ1) is 19.9. The zero-order valence-electron chi connectivity index (χ0n) is 16.3. The van der Waals surface area contributed by atoms with Crippen LogP contribution in [0.25, 0.3) is 0 Å². The quantitative estimate of drug-likeness (QED) is 0.773. The zero-order valence-corrected chi connectivity index (χ0v) is 17.4. The van der Waals surface area contributed by atoms with Gasteiger partial charge < -0.3 is 10.2 Å². The van der Waals surface area contributed by atoms with E-state index < -0.39 is 9.04 Å². The Bertz CT molecular complexity index is 582. The van der Waals surface area contributed by atoms with Crippen LogP contribution in [0.3, 0.4) is 0 Å². The molecule has 2 rings (SSSR count). The first-order chi connectivity index (χ1) is 11.8. The van der Waals surface area contributed by atoms with Crippen molar-refractivity contribution < 1.29 is 4.43 Å². The van der Waals surface area contributed by atoms with Gasteiger partial charge in [0.25, 0.3) is 0 Å². The summed E-state index contributed by atoms with van der Waals surface area (Å²) in [5, 5.41) is 2.61. The van der Waals surface area contributed by atoms with Gasteiger partial charge in [-0.3, -0.25) is 0 Å². The van der Waals surface area contributed by atoms with Crippen molar-refractivity contribution in [1.29, 1.82) is 0 Å². The van der Waals surface area contributed by atoms with Crippen LogP contribution in [0.15, 0.2) is 60.7 Å². The van der Waals surface area contributed by atoms with Gasteiger partial charge in [-0.05, 0) is 28.1 Å². The van der Waals surface area contributed by atoms with E-state index in [0.29, 0.717) is 5.92 Å². The maximum absolute atomic E-state index is 6.86. The molecule has 0 radical (unpaired) electrons. The summed E-state index contributed by atoms with van der Waals surface area (Å²) in [4.78, 5) is 0. The average molecular weight is 356 g/mol. The Kier molecular flexibility index (Phi) is 7.00. The van der Waals surface area contributed by atoms with Gasteiger partial charge in [-0.25, -0.2) is 0 Å². The Morgan fingerprint density at radius 2 is 1.32 bits per heavy atom. The highest BCUT2D eigenvalue weighted by atomic mass is 28.3. The molecule has 0 spiro atoms. The summed E-state index contributed by atoms with van der Waals surface area (Å²) in [6.45, 7) is 11.2. The molecule has 1 unspecified atom stereocenters. The molecule has 0 amide bonds. The zero-order chi connectivity index (χ0) is 18.4. The van der Waals surface area contributed by atoms with Crippen molar-refractivity contribution in [2.45, 2.75) is 53.2 Å². The number of nitrogens with two attached hydrogens (primary N) is 1. The van der Waals surface area contributed by atoms with E-state index in [0.717, 1.165) is 6.42 Å². The maximum atomic E-state index is 6.86. The van der Waals surface area contributed by atoms with Crippen LogP contribution < -0.4 is 16.1 Å². The monoisotopic (exact) mass is 355 g/mol. The fourth-order valence-corrected chi connectivity index (χ4v) is 6.11. The van der Waals surface area contributed by atoms with Crippen molar-refractivity contribution in [3.05, 3.63) is 60.7 Å². The standard InChI is InChI=1S/C22H33NOSi/c1-17(2)16-20(23)21(22(3,4)5)24-25(18-12-8-6-9-13-18)19-14-10-7-11-15-19/h6-15,17,20-21,25H,16,23H2,1-5H3/t20-,21?/m0/s1. The van der Waals surface area contributed by atoms with Gasteiger partial charge in [-0.15, -0.1) is 0 Å². The topological polar surface area (TPSA) is 35.2 Å². The molecule has 2 aromatic rings. The molecule has 2 N–H and O–H groups in total. The highest BCUT2D eigenvalue weighted by Gasteiger charge is 2.34. The molecule has 2 atom stereocenters. The summed E-state index contributed by atoms with van der Waals surface area (Å²) < 4.78 is 6.86. The van der Waals surface area contributed by atoms with E-state index in [-0.39, 0.29) is 17.6 Å². The summed E-state index contributed by atoms with van der Waals surface area (Å²) in [6, 6.07) is 21.3. The molecular formula is C22H33NOSi. The van der Waals surface area contributed by atoms with E-state index in [1.165, 1.54) is 10.4 Å². The van der Waals surface area contributed by atoms with Crippen molar-refractivity contribution in [2.24, 2.45) is 17.1 Å². The molecule has 0 fully saturated rings. The van der Waals surface area contributed by atoms with E-state index in [2.05, 4.69) is 95.3 Å². The Balaban J connectivity index is 2.36. The molecule has 25 heavy (non-hydrogen) atoms. The summed E-state index contributed by atoms with van der Waals surface area (Å²) in [7, 11) is -1.79. The van der Waals surface area contributed by atoms with E-state index in [1.807, 2.05) is 0 Å². The van der Waals surface area contributed by atoms with Gasteiger partial charge in [0.05, 0.1) is 6.10 Å². The lowest BCUT2D eigenvalue weighted by Crippen LogP contribution is -2.55. The van der Waals surface area contributed by atoms with Crippen LogP contribution in [-0.4, -0.2) is 21.2 Å². The number of hydrogen-bond donors (Lipinski definition) is 1. The minimum Gasteiger partial charge on any atom is -0.406 e. The minimum absolute atomic E-state index is 0.00309. The summed E-state index contributed by atoms with van der Waals surface area (Å²) >= 11 is 0. The largest absolute Gasteiger partial charge is 0.406 e. The molecule has 0 bridgehead atoms. The number of rotatable bonds is 7. The van der Waals surface area contributed by atoms with E-state index in [4.69, 9.17) is 10.2 Å². The average Bonchev–Trinajstić information content (AvgIpc) is 2.55. The van der Waals surface area contributed by atoms with Gasteiger partial charge in [-0.2, -0.15) is 0 Å². The Hall–Kier alpha value is -1.42. The lowest BCUT2D eigenvalue weighted by Gasteiger charge is -2.38. The van der Waals surface area contributed by atoms with Gasteiger partial charge in [0.1, 0.15) is 0 Å². The summed E-state index contributed by atoms with van der Waals surface area (Å²) in [5.41, 5.74) is 6.61. The van der Waals surface area contributed by atoms with Crippen LogP contribution in [0.1, 0.15) is 41.0 Å². The molecule has 0 aliphatic carbocycles. The van der Waals surface area contributed by atoms with E-state index in [1.54, 1.807) is 0 Å². The molecule has 2 aromatic carbocycles. The van der Waals surface area contributed by atoms with Gasteiger partial charge in [0.15, 0.2) is 0 Å². The molecule has 0 aliphatic rings. The van der Waals surface area contributed by atoms with Crippen LogP contribution in [-0.2, 0) is 4.43 Å². The van der Waals surface area contributed by atoms with Crippen molar-refractivity contribution in [2.75, 3.05) is 0 Å². The Morgan fingerprint density at radius 1 is 0.880 bits per heavy atom. The smallest absolute Gasteiger partial charge is 0.240 e. The van der Waals surface area contributed by atoms with Crippen LogP contribution in [0.4, 0.5) is 0 Å². The first-order valence-electron chi connectivity index (χ1n) is 9.30. The molecule has 3 heteroatoms. The molecular weight excluding hydrogens is 322 g/mol.